The molecule has 20 heavy (non-hydrogen) atoms. The van der Waals surface area contributed by atoms with Gasteiger partial charge in [0.15, 0.2) is 0 Å². The van der Waals surface area contributed by atoms with Crippen molar-refractivity contribution < 1.29 is 4.79 Å². The first kappa shape index (κ1) is 16.3. The van der Waals surface area contributed by atoms with Crippen LogP contribution in [0.25, 0.3) is 0 Å². The summed E-state index contributed by atoms with van der Waals surface area (Å²) in [5.41, 5.74) is 6.11. The predicted octanol–water partition coefficient (Wildman–Crippen LogP) is 3.06. The topological polar surface area (TPSA) is 46.3 Å². The maximum Gasteiger partial charge on any atom is 0.222 e. The Bertz CT molecular complexity index is 481. The molecule has 1 aliphatic carbocycles. The summed E-state index contributed by atoms with van der Waals surface area (Å²) < 4.78 is 1.11. The number of carbonyl (C=O) groups excluding carboxylic acids is 1. The Hall–Kier alpha value is -0.100. The van der Waals surface area contributed by atoms with Crippen molar-refractivity contribution in [2.24, 2.45) is 17.6 Å². The third kappa shape index (κ3) is 3.38. The van der Waals surface area contributed by atoms with E-state index < -0.39 is 0 Å². The standard InChI is InChI=1S/C14H19BrN2OS.ClH/c15-10-5-11(19-8-10)2-4-14(18)17-6-9-1-3-13(16)12(9)7-17;/h5,8-9,12-13H,1-4,6-7,16H2;1H. The maximum atomic E-state index is 12.2. The number of rotatable bonds is 3. The van der Waals surface area contributed by atoms with E-state index in [1.165, 1.54) is 11.3 Å². The van der Waals surface area contributed by atoms with Crippen molar-refractivity contribution in [3.05, 3.63) is 20.8 Å². The lowest BCUT2D eigenvalue weighted by Gasteiger charge is -2.18. The molecule has 1 saturated carbocycles. The molecule has 1 aromatic rings. The zero-order valence-corrected chi connectivity index (χ0v) is 14.5. The second kappa shape index (κ2) is 6.77. The highest BCUT2D eigenvalue weighted by atomic mass is 79.9. The van der Waals surface area contributed by atoms with Gasteiger partial charge < -0.3 is 10.6 Å². The fourth-order valence-electron chi connectivity index (χ4n) is 3.38. The minimum atomic E-state index is 0. The number of nitrogens with two attached hydrogens (primary N) is 1. The summed E-state index contributed by atoms with van der Waals surface area (Å²) in [6.07, 6.45) is 3.82. The fraction of sp³-hybridized carbons (Fsp3) is 0.643. The normalized spacial score (nSPS) is 28.3. The first-order valence-corrected chi connectivity index (χ1v) is 8.57. The van der Waals surface area contributed by atoms with E-state index in [0.29, 0.717) is 30.2 Å². The van der Waals surface area contributed by atoms with E-state index in [-0.39, 0.29) is 12.4 Å². The molecule has 1 aromatic heterocycles. The van der Waals surface area contributed by atoms with E-state index in [4.69, 9.17) is 5.73 Å². The molecule has 2 aliphatic rings. The number of carbonyl (C=O) groups is 1. The van der Waals surface area contributed by atoms with E-state index in [1.54, 1.807) is 11.3 Å². The average molecular weight is 380 g/mol. The zero-order chi connectivity index (χ0) is 13.4. The molecule has 2 heterocycles. The molecular formula is C14H20BrClN2OS. The van der Waals surface area contributed by atoms with Crippen LogP contribution in [0.1, 0.15) is 24.1 Å². The van der Waals surface area contributed by atoms with Gasteiger partial charge in [0.2, 0.25) is 5.91 Å². The Kier molecular flexibility index (Phi) is 5.51. The molecule has 0 aromatic carbocycles. The first-order valence-electron chi connectivity index (χ1n) is 6.90. The van der Waals surface area contributed by atoms with Crippen molar-refractivity contribution in [3.8, 4) is 0 Å². The number of amides is 1. The summed E-state index contributed by atoms with van der Waals surface area (Å²) in [4.78, 5) is 15.6. The van der Waals surface area contributed by atoms with Gasteiger partial charge >= 0.3 is 0 Å². The highest BCUT2D eigenvalue weighted by Crippen LogP contribution is 2.37. The third-order valence-corrected chi connectivity index (χ3v) is 6.23. The number of hydrogen-bond donors (Lipinski definition) is 1. The lowest BCUT2D eigenvalue weighted by molar-refractivity contribution is -0.130. The molecule has 2 N–H and O–H groups in total. The fourth-order valence-corrected chi connectivity index (χ4v) is 4.84. The highest BCUT2D eigenvalue weighted by Gasteiger charge is 2.42. The Morgan fingerprint density at radius 2 is 2.25 bits per heavy atom. The first-order chi connectivity index (χ1) is 9.13. The Morgan fingerprint density at radius 3 is 2.90 bits per heavy atom. The van der Waals surface area contributed by atoms with Gasteiger partial charge in [0.25, 0.3) is 0 Å². The van der Waals surface area contributed by atoms with Crippen LogP contribution in [-0.2, 0) is 11.2 Å². The van der Waals surface area contributed by atoms with E-state index >= 15 is 0 Å². The molecular weight excluding hydrogens is 360 g/mol. The second-order valence-electron chi connectivity index (χ2n) is 5.70. The van der Waals surface area contributed by atoms with Gasteiger partial charge in [-0.25, -0.2) is 0 Å². The van der Waals surface area contributed by atoms with Crippen LogP contribution in [0, 0.1) is 11.8 Å². The lowest BCUT2D eigenvalue weighted by Crippen LogP contribution is -2.33. The summed E-state index contributed by atoms with van der Waals surface area (Å²) in [6, 6.07) is 2.42. The van der Waals surface area contributed by atoms with E-state index in [1.807, 2.05) is 4.90 Å². The number of nitrogens with zero attached hydrogens (tertiary/aromatic N) is 1. The molecule has 3 rings (SSSR count). The molecule has 0 bridgehead atoms. The van der Waals surface area contributed by atoms with Crippen LogP contribution in [0.2, 0.25) is 0 Å². The SMILES string of the molecule is Cl.NC1CCC2CN(C(=O)CCc3cc(Br)cs3)CC12. The van der Waals surface area contributed by atoms with E-state index in [0.717, 1.165) is 30.4 Å². The number of likely N-dealkylation sites (tertiary alicyclic amines) is 1. The number of thiophene rings is 1. The van der Waals surface area contributed by atoms with E-state index in [9.17, 15) is 4.79 Å². The van der Waals surface area contributed by atoms with Crippen LogP contribution < -0.4 is 5.73 Å². The molecule has 3 unspecified atom stereocenters. The Labute approximate surface area is 138 Å². The van der Waals surface area contributed by atoms with Gasteiger partial charge in [-0.05, 0) is 53.1 Å². The third-order valence-electron chi connectivity index (χ3n) is 4.47. The van der Waals surface area contributed by atoms with Crippen molar-refractivity contribution in [1.29, 1.82) is 0 Å². The van der Waals surface area contributed by atoms with Crippen LogP contribution >= 0.6 is 39.7 Å². The predicted molar refractivity (Wildman–Crippen MR) is 88.4 cm³/mol. The molecule has 3 atom stereocenters. The molecule has 1 amide bonds. The molecule has 2 fully saturated rings. The minimum Gasteiger partial charge on any atom is -0.342 e. The summed E-state index contributed by atoms with van der Waals surface area (Å²) in [5.74, 6) is 1.51. The van der Waals surface area contributed by atoms with Gasteiger partial charge in [-0.3, -0.25) is 4.79 Å². The average Bonchev–Trinajstić information content (AvgIpc) is 3.05. The van der Waals surface area contributed by atoms with Gasteiger partial charge in [-0.1, -0.05) is 0 Å². The summed E-state index contributed by atoms with van der Waals surface area (Å²) in [5, 5.41) is 2.07. The van der Waals surface area contributed by atoms with Gasteiger partial charge in [0, 0.05) is 40.3 Å². The molecule has 0 spiro atoms. The van der Waals surface area contributed by atoms with Crippen molar-refractivity contribution in [2.75, 3.05) is 13.1 Å². The molecule has 1 aliphatic heterocycles. The minimum absolute atomic E-state index is 0. The van der Waals surface area contributed by atoms with Crippen LogP contribution in [0.15, 0.2) is 15.9 Å². The van der Waals surface area contributed by atoms with Crippen molar-refractivity contribution >= 4 is 45.6 Å². The number of hydrogen-bond acceptors (Lipinski definition) is 3. The molecule has 112 valence electrons. The Balaban J connectivity index is 0.00000147. The van der Waals surface area contributed by atoms with Crippen LogP contribution in [0.5, 0.6) is 0 Å². The number of halogens is 2. The van der Waals surface area contributed by atoms with Crippen LogP contribution in [-0.4, -0.2) is 29.9 Å². The summed E-state index contributed by atoms with van der Waals surface area (Å²) >= 11 is 5.16. The maximum absolute atomic E-state index is 12.2. The van der Waals surface area contributed by atoms with Gasteiger partial charge in [0.1, 0.15) is 0 Å². The number of aryl methyl sites for hydroxylation is 1. The monoisotopic (exact) mass is 378 g/mol. The van der Waals surface area contributed by atoms with Crippen LogP contribution in [0.4, 0.5) is 0 Å². The van der Waals surface area contributed by atoms with Crippen molar-refractivity contribution in [3.63, 3.8) is 0 Å². The van der Waals surface area contributed by atoms with E-state index in [2.05, 4.69) is 27.4 Å². The molecule has 1 saturated heterocycles. The molecule has 6 heteroatoms. The van der Waals surface area contributed by atoms with Gasteiger partial charge in [-0.2, -0.15) is 0 Å². The van der Waals surface area contributed by atoms with Gasteiger partial charge in [0.05, 0.1) is 0 Å². The summed E-state index contributed by atoms with van der Waals surface area (Å²) in [7, 11) is 0. The largest absolute Gasteiger partial charge is 0.342 e. The van der Waals surface area contributed by atoms with Crippen LogP contribution in [0.3, 0.4) is 0 Å². The zero-order valence-electron chi connectivity index (χ0n) is 11.3. The lowest BCUT2D eigenvalue weighted by atomic mass is 9.98. The quantitative estimate of drug-likeness (QED) is 0.877. The highest BCUT2D eigenvalue weighted by molar-refractivity contribution is 9.10. The smallest absolute Gasteiger partial charge is 0.222 e. The van der Waals surface area contributed by atoms with Gasteiger partial charge in [-0.15, -0.1) is 23.7 Å². The Morgan fingerprint density at radius 1 is 1.45 bits per heavy atom. The molecule has 3 nitrogen and oxygen atoms in total. The number of fused-ring (bicyclic) bond motifs is 1. The van der Waals surface area contributed by atoms with Crippen molar-refractivity contribution in [1.82, 2.24) is 4.90 Å². The molecule has 0 radical (unpaired) electrons. The summed E-state index contributed by atoms with van der Waals surface area (Å²) in [6.45, 7) is 1.82. The second-order valence-corrected chi connectivity index (χ2v) is 7.61. The van der Waals surface area contributed by atoms with Crippen molar-refractivity contribution in [2.45, 2.75) is 31.7 Å².